The summed E-state index contributed by atoms with van der Waals surface area (Å²) in [6.45, 7) is 2.25. The Balaban J connectivity index is 2.09. The van der Waals surface area contributed by atoms with Gasteiger partial charge in [0.15, 0.2) is 5.54 Å². The molecule has 8 heteroatoms. The van der Waals surface area contributed by atoms with Crippen LogP contribution >= 0.6 is 0 Å². The van der Waals surface area contributed by atoms with Crippen molar-refractivity contribution in [3.63, 3.8) is 0 Å². The molecule has 2 amide bonds. The van der Waals surface area contributed by atoms with E-state index in [4.69, 9.17) is 0 Å². The molecule has 0 aliphatic carbocycles. The van der Waals surface area contributed by atoms with Crippen LogP contribution in [0.2, 0.25) is 0 Å². The maximum Gasteiger partial charge on any atom is 0.275 e. The Labute approximate surface area is 145 Å². The molecule has 8 nitrogen and oxygen atoms in total. The number of amides is 2. The van der Waals surface area contributed by atoms with Gasteiger partial charge in [0.2, 0.25) is 0 Å². The van der Waals surface area contributed by atoms with Crippen molar-refractivity contribution in [1.29, 1.82) is 0 Å². The van der Waals surface area contributed by atoms with Crippen molar-refractivity contribution in [3.05, 3.63) is 48.1 Å². The van der Waals surface area contributed by atoms with E-state index in [1.165, 1.54) is 17.3 Å². The number of nitrogens with zero attached hydrogens (tertiary/aromatic N) is 6. The summed E-state index contributed by atoms with van der Waals surface area (Å²) in [7, 11) is 3.35. The Morgan fingerprint density at radius 3 is 2.52 bits per heavy atom. The van der Waals surface area contributed by atoms with Crippen LogP contribution in [0.15, 0.2) is 31.0 Å². The molecule has 1 fully saturated rings. The molecule has 2 aromatic heterocycles. The Hall–Kier alpha value is -2.90. The lowest BCUT2D eigenvalue weighted by molar-refractivity contribution is -0.140. The van der Waals surface area contributed by atoms with Crippen molar-refractivity contribution in [2.45, 2.75) is 25.3 Å². The highest BCUT2D eigenvalue weighted by Gasteiger charge is 2.53. The van der Waals surface area contributed by atoms with Gasteiger partial charge in [-0.15, -0.1) is 0 Å². The van der Waals surface area contributed by atoms with Gasteiger partial charge in [0, 0.05) is 39.2 Å². The topological polar surface area (TPSA) is 92.2 Å². The fraction of sp³-hybridized carbons (Fsp3) is 0.412. The second-order valence-corrected chi connectivity index (χ2v) is 6.25. The third-order valence-electron chi connectivity index (χ3n) is 4.37. The van der Waals surface area contributed by atoms with Crippen LogP contribution in [0.1, 0.15) is 34.7 Å². The van der Waals surface area contributed by atoms with Gasteiger partial charge in [0.1, 0.15) is 5.69 Å². The molecule has 0 N–H and O–H groups in total. The molecule has 0 bridgehead atoms. The minimum absolute atomic E-state index is 0.195. The van der Waals surface area contributed by atoms with Gasteiger partial charge in [-0.3, -0.25) is 24.5 Å². The summed E-state index contributed by atoms with van der Waals surface area (Å²) in [5.74, 6) is -0.523. The average Bonchev–Trinajstić information content (AvgIpc) is 3.07. The molecule has 1 aliphatic heterocycles. The fourth-order valence-electron chi connectivity index (χ4n) is 3.22. The third kappa shape index (κ3) is 2.84. The molecular weight excluding hydrogens is 320 g/mol. The molecule has 0 saturated carbocycles. The van der Waals surface area contributed by atoms with E-state index < -0.39 is 5.54 Å². The largest absolute Gasteiger partial charge is 0.346 e. The Bertz CT molecular complexity index is 777. The molecule has 1 aliphatic rings. The summed E-state index contributed by atoms with van der Waals surface area (Å²) in [5, 5.41) is 0. The Kier molecular flexibility index (Phi) is 4.43. The molecule has 0 radical (unpaired) electrons. The van der Waals surface area contributed by atoms with Gasteiger partial charge in [-0.1, -0.05) is 0 Å². The maximum absolute atomic E-state index is 13.1. The number of likely N-dealkylation sites (N-methyl/N-ethyl adjacent to an activating group) is 1. The summed E-state index contributed by atoms with van der Waals surface area (Å²) in [4.78, 5) is 46.0. The molecule has 2 aromatic rings. The maximum atomic E-state index is 13.1. The molecule has 130 valence electrons. The van der Waals surface area contributed by atoms with Gasteiger partial charge in [-0.2, -0.15) is 0 Å². The first-order valence-electron chi connectivity index (χ1n) is 8.05. The number of carbonyl (C=O) groups excluding carboxylic acids is 2. The minimum atomic E-state index is -1.17. The summed E-state index contributed by atoms with van der Waals surface area (Å²) >= 11 is 0. The first-order chi connectivity index (χ1) is 12.0. The van der Waals surface area contributed by atoms with E-state index in [0.29, 0.717) is 25.1 Å². The van der Waals surface area contributed by atoms with Crippen LogP contribution in [0.5, 0.6) is 0 Å². The van der Waals surface area contributed by atoms with Gasteiger partial charge >= 0.3 is 0 Å². The third-order valence-corrected chi connectivity index (χ3v) is 4.37. The lowest BCUT2D eigenvalue weighted by atomic mass is 9.90. The smallest absolute Gasteiger partial charge is 0.275 e. The Morgan fingerprint density at radius 1 is 1.12 bits per heavy atom. The summed E-state index contributed by atoms with van der Waals surface area (Å²) < 4.78 is 0. The standard InChI is InChI=1S/C17H20N6O2/c1-12-9-21-13(10-20-12)15(24)23-8-4-5-17(23,16(25)22(2)3)14-11-18-6-7-19-14/h6-7,9-11H,4-5,8H2,1-3H3/t17-/m0/s1. The Morgan fingerprint density at radius 2 is 1.92 bits per heavy atom. The lowest BCUT2D eigenvalue weighted by Gasteiger charge is -2.37. The van der Waals surface area contributed by atoms with Crippen molar-refractivity contribution in [3.8, 4) is 0 Å². The normalized spacial score (nSPS) is 19.7. The highest BCUT2D eigenvalue weighted by molar-refractivity contribution is 5.98. The molecule has 0 spiro atoms. The summed E-state index contributed by atoms with van der Waals surface area (Å²) in [5.41, 5.74) is 0.246. The van der Waals surface area contributed by atoms with E-state index in [1.54, 1.807) is 44.5 Å². The van der Waals surface area contributed by atoms with Crippen LogP contribution in [0.4, 0.5) is 0 Å². The number of hydrogen-bond donors (Lipinski definition) is 0. The van der Waals surface area contributed by atoms with E-state index in [0.717, 1.165) is 5.69 Å². The number of likely N-dealkylation sites (tertiary alicyclic amines) is 1. The number of aromatic nitrogens is 4. The quantitative estimate of drug-likeness (QED) is 0.820. The zero-order valence-electron chi connectivity index (χ0n) is 14.5. The van der Waals surface area contributed by atoms with Crippen LogP contribution in [0.3, 0.4) is 0 Å². The molecule has 0 aromatic carbocycles. The van der Waals surface area contributed by atoms with Gasteiger partial charge in [0.25, 0.3) is 11.8 Å². The number of rotatable bonds is 3. The van der Waals surface area contributed by atoms with Crippen LogP contribution < -0.4 is 0 Å². The van der Waals surface area contributed by atoms with Crippen molar-refractivity contribution < 1.29 is 9.59 Å². The van der Waals surface area contributed by atoms with Crippen LogP contribution in [0.25, 0.3) is 0 Å². The lowest BCUT2D eigenvalue weighted by Crippen LogP contribution is -2.55. The molecule has 1 atom stereocenters. The molecule has 25 heavy (non-hydrogen) atoms. The van der Waals surface area contributed by atoms with E-state index >= 15 is 0 Å². The van der Waals surface area contributed by atoms with Crippen molar-refractivity contribution in [2.75, 3.05) is 20.6 Å². The summed E-state index contributed by atoms with van der Waals surface area (Å²) in [6.07, 6.45) is 8.80. The first-order valence-corrected chi connectivity index (χ1v) is 8.05. The van der Waals surface area contributed by atoms with E-state index in [9.17, 15) is 9.59 Å². The number of hydrogen-bond acceptors (Lipinski definition) is 6. The number of aryl methyl sites for hydroxylation is 1. The molecule has 1 saturated heterocycles. The summed E-state index contributed by atoms with van der Waals surface area (Å²) in [6, 6.07) is 0. The second kappa shape index (κ2) is 6.54. The average molecular weight is 340 g/mol. The van der Waals surface area contributed by atoms with Crippen LogP contribution in [-0.2, 0) is 10.3 Å². The molecule has 3 heterocycles. The van der Waals surface area contributed by atoms with Crippen molar-refractivity contribution in [2.24, 2.45) is 0 Å². The highest BCUT2D eigenvalue weighted by atomic mass is 16.2. The highest BCUT2D eigenvalue weighted by Crippen LogP contribution is 2.39. The van der Waals surface area contributed by atoms with Gasteiger partial charge in [-0.05, 0) is 19.8 Å². The van der Waals surface area contributed by atoms with Crippen molar-refractivity contribution >= 4 is 11.8 Å². The zero-order chi connectivity index (χ0) is 18.0. The van der Waals surface area contributed by atoms with Gasteiger partial charge < -0.3 is 9.80 Å². The second-order valence-electron chi connectivity index (χ2n) is 6.25. The fourth-order valence-corrected chi connectivity index (χ4v) is 3.22. The van der Waals surface area contributed by atoms with Crippen molar-refractivity contribution in [1.82, 2.24) is 29.7 Å². The molecule has 0 unspecified atom stereocenters. The van der Waals surface area contributed by atoms with Crippen LogP contribution in [0, 0.1) is 6.92 Å². The molecular formula is C17H20N6O2. The minimum Gasteiger partial charge on any atom is -0.346 e. The van der Waals surface area contributed by atoms with Gasteiger partial charge in [-0.25, -0.2) is 4.98 Å². The predicted octanol–water partition coefficient (Wildman–Crippen LogP) is 0.795. The predicted molar refractivity (Wildman–Crippen MR) is 89.4 cm³/mol. The first kappa shape index (κ1) is 16.9. The molecule has 3 rings (SSSR count). The zero-order valence-corrected chi connectivity index (χ0v) is 14.5. The van der Waals surface area contributed by atoms with Gasteiger partial charge in [0.05, 0.1) is 23.8 Å². The van der Waals surface area contributed by atoms with E-state index in [2.05, 4.69) is 19.9 Å². The van der Waals surface area contributed by atoms with Crippen LogP contribution in [-0.4, -0.2) is 62.2 Å². The van der Waals surface area contributed by atoms with E-state index in [-0.39, 0.29) is 17.5 Å². The SMILES string of the molecule is Cc1cnc(C(=O)N2CCC[C@@]2(C(=O)N(C)C)c2cnccn2)cn1. The monoisotopic (exact) mass is 340 g/mol. The van der Waals surface area contributed by atoms with E-state index in [1.807, 2.05) is 0 Å². The number of carbonyl (C=O) groups is 2.